The van der Waals surface area contributed by atoms with Gasteiger partial charge in [0.1, 0.15) is 11.3 Å². The molecule has 0 fully saturated rings. The second-order valence-corrected chi connectivity index (χ2v) is 4.37. The Balaban J connectivity index is 1.88. The average Bonchev–Trinajstić information content (AvgIpc) is 2.78. The number of hydrogen-bond donors (Lipinski definition) is 2. The number of para-hydroxylation sites is 1. The number of rotatable bonds is 3. The third kappa shape index (κ3) is 2.22. The minimum Gasteiger partial charge on any atom is -0.508 e. The number of hydrogen-bond acceptors (Lipinski definition) is 4. The van der Waals surface area contributed by atoms with Gasteiger partial charge in [-0.05, 0) is 19.1 Å². The fourth-order valence-electron chi connectivity index (χ4n) is 2.02. The molecule has 0 aliphatic carbocycles. The van der Waals surface area contributed by atoms with Gasteiger partial charge >= 0.3 is 0 Å². The molecular formula is C14H14N4O. The largest absolute Gasteiger partial charge is 0.508 e. The summed E-state index contributed by atoms with van der Waals surface area (Å²) in [5.74, 6) is 1.04. The van der Waals surface area contributed by atoms with Gasteiger partial charge in [0.05, 0.1) is 5.69 Å². The Hall–Kier alpha value is -2.56. The number of benzene rings is 1. The molecule has 19 heavy (non-hydrogen) atoms. The Bertz CT molecular complexity index is 720. The molecule has 0 aliphatic rings. The van der Waals surface area contributed by atoms with E-state index in [1.54, 1.807) is 22.8 Å². The van der Waals surface area contributed by atoms with Crippen molar-refractivity contribution >= 4 is 11.3 Å². The van der Waals surface area contributed by atoms with Gasteiger partial charge in [-0.15, -0.1) is 0 Å². The van der Waals surface area contributed by atoms with Gasteiger partial charge in [-0.2, -0.15) is 5.10 Å². The van der Waals surface area contributed by atoms with Gasteiger partial charge in [-0.3, -0.25) is 0 Å². The topological polar surface area (TPSA) is 62.5 Å². The molecule has 0 spiro atoms. The number of phenolic OH excluding ortho intramolecular Hbond substituents is 1. The molecule has 2 N–H and O–H groups in total. The van der Waals surface area contributed by atoms with E-state index in [0.717, 1.165) is 22.6 Å². The highest BCUT2D eigenvalue weighted by Crippen LogP contribution is 2.19. The quantitative estimate of drug-likeness (QED) is 0.753. The van der Waals surface area contributed by atoms with Crippen LogP contribution < -0.4 is 5.32 Å². The van der Waals surface area contributed by atoms with Crippen molar-refractivity contribution in [2.24, 2.45) is 0 Å². The molecule has 0 unspecified atom stereocenters. The number of phenols is 1. The van der Waals surface area contributed by atoms with Crippen LogP contribution in [0.1, 0.15) is 11.3 Å². The summed E-state index contributed by atoms with van der Waals surface area (Å²) in [5, 5.41) is 17.3. The Kier molecular flexibility index (Phi) is 2.79. The smallest absolute Gasteiger partial charge is 0.152 e. The summed E-state index contributed by atoms with van der Waals surface area (Å²) in [5.41, 5.74) is 2.71. The molecule has 1 aromatic carbocycles. The van der Waals surface area contributed by atoms with Crippen LogP contribution in [0.5, 0.6) is 5.75 Å². The zero-order chi connectivity index (χ0) is 13.2. The summed E-state index contributed by atoms with van der Waals surface area (Å²) in [6.07, 6.45) is 3.51. The molecule has 0 amide bonds. The van der Waals surface area contributed by atoms with Crippen LogP contribution in [-0.2, 0) is 6.54 Å². The molecular weight excluding hydrogens is 240 g/mol. The first-order chi connectivity index (χ1) is 9.24. The molecule has 3 rings (SSSR count). The van der Waals surface area contributed by atoms with E-state index in [-0.39, 0.29) is 5.75 Å². The number of nitrogens with zero attached hydrogens (tertiary/aromatic N) is 3. The van der Waals surface area contributed by atoms with Crippen LogP contribution in [0.15, 0.2) is 42.7 Å². The Morgan fingerprint density at radius 2 is 2.16 bits per heavy atom. The molecule has 0 saturated heterocycles. The number of fused-ring (bicyclic) bond motifs is 1. The monoisotopic (exact) mass is 254 g/mol. The van der Waals surface area contributed by atoms with Crippen LogP contribution in [0.2, 0.25) is 0 Å². The molecule has 0 atom stereocenters. The van der Waals surface area contributed by atoms with E-state index in [1.165, 1.54) is 0 Å². The van der Waals surface area contributed by atoms with Gasteiger partial charge in [-0.1, -0.05) is 18.2 Å². The molecule has 0 saturated carbocycles. The lowest BCUT2D eigenvalue weighted by Crippen LogP contribution is -2.03. The van der Waals surface area contributed by atoms with Crippen molar-refractivity contribution in [2.75, 3.05) is 5.32 Å². The van der Waals surface area contributed by atoms with Crippen LogP contribution >= 0.6 is 0 Å². The van der Waals surface area contributed by atoms with E-state index in [1.807, 2.05) is 31.3 Å². The number of nitrogens with one attached hydrogen (secondary N) is 1. The van der Waals surface area contributed by atoms with E-state index < -0.39 is 0 Å². The lowest BCUT2D eigenvalue weighted by molar-refractivity contribution is 0.469. The van der Waals surface area contributed by atoms with Crippen molar-refractivity contribution in [3.63, 3.8) is 0 Å². The summed E-state index contributed by atoms with van der Waals surface area (Å²) >= 11 is 0. The minimum atomic E-state index is 0.284. The summed E-state index contributed by atoms with van der Waals surface area (Å²) in [6.45, 7) is 2.46. The zero-order valence-electron chi connectivity index (χ0n) is 10.5. The summed E-state index contributed by atoms with van der Waals surface area (Å²) < 4.78 is 1.79. The maximum Gasteiger partial charge on any atom is 0.152 e. The molecule has 0 radical (unpaired) electrons. The third-order valence-electron chi connectivity index (χ3n) is 2.95. The van der Waals surface area contributed by atoms with Gasteiger partial charge in [0.15, 0.2) is 5.82 Å². The van der Waals surface area contributed by atoms with Crippen molar-refractivity contribution in [3.8, 4) is 5.75 Å². The number of aryl methyl sites for hydroxylation is 1. The molecule has 2 heterocycles. The highest BCUT2D eigenvalue weighted by atomic mass is 16.3. The van der Waals surface area contributed by atoms with E-state index >= 15 is 0 Å². The number of aromatic nitrogens is 3. The Labute approximate surface area is 110 Å². The van der Waals surface area contributed by atoms with Crippen molar-refractivity contribution in [1.29, 1.82) is 0 Å². The Morgan fingerprint density at radius 3 is 3.00 bits per heavy atom. The SMILES string of the molecule is Cc1cc2c(NCc3ccccc3O)nccn2n1. The first kappa shape index (κ1) is 11.5. The minimum absolute atomic E-state index is 0.284. The van der Waals surface area contributed by atoms with Crippen LogP contribution in [-0.4, -0.2) is 19.7 Å². The molecule has 5 heteroatoms. The first-order valence-electron chi connectivity index (χ1n) is 6.06. The summed E-state index contributed by atoms with van der Waals surface area (Å²) in [7, 11) is 0. The lowest BCUT2D eigenvalue weighted by atomic mass is 10.2. The highest BCUT2D eigenvalue weighted by molar-refractivity contribution is 5.67. The molecule has 3 aromatic rings. The maximum atomic E-state index is 9.73. The Morgan fingerprint density at radius 1 is 1.32 bits per heavy atom. The second kappa shape index (κ2) is 4.61. The normalized spacial score (nSPS) is 10.8. The van der Waals surface area contributed by atoms with E-state index in [2.05, 4.69) is 15.4 Å². The predicted molar refractivity (Wildman–Crippen MR) is 73.2 cm³/mol. The van der Waals surface area contributed by atoms with Gasteiger partial charge in [0, 0.05) is 24.5 Å². The van der Waals surface area contributed by atoms with Crippen LogP contribution in [0.4, 0.5) is 5.82 Å². The molecule has 2 aromatic heterocycles. The van der Waals surface area contributed by atoms with Crippen LogP contribution in [0.25, 0.3) is 5.52 Å². The van der Waals surface area contributed by atoms with Crippen molar-refractivity contribution < 1.29 is 5.11 Å². The van der Waals surface area contributed by atoms with Gasteiger partial charge in [0.25, 0.3) is 0 Å². The fraction of sp³-hybridized carbons (Fsp3) is 0.143. The van der Waals surface area contributed by atoms with Crippen molar-refractivity contribution in [1.82, 2.24) is 14.6 Å². The number of anilines is 1. The molecule has 0 aliphatic heterocycles. The lowest BCUT2D eigenvalue weighted by Gasteiger charge is -2.08. The molecule has 96 valence electrons. The highest BCUT2D eigenvalue weighted by Gasteiger charge is 2.06. The maximum absolute atomic E-state index is 9.73. The number of aromatic hydroxyl groups is 1. The van der Waals surface area contributed by atoms with Gasteiger partial charge in [0.2, 0.25) is 0 Å². The average molecular weight is 254 g/mol. The second-order valence-electron chi connectivity index (χ2n) is 4.37. The van der Waals surface area contributed by atoms with Crippen molar-refractivity contribution in [3.05, 3.63) is 54.0 Å². The summed E-state index contributed by atoms with van der Waals surface area (Å²) in [4.78, 5) is 4.31. The van der Waals surface area contributed by atoms with Crippen LogP contribution in [0.3, 0.4) is 0 Å². The standard InChI is InChI=1S/C14H14N4O/c1-10-8-12-14(15-6-7-18(12)17-10)16-9-11-4-2-3-5-13(11)19/h2-8,19H,9H2,1H3,(H,15,16). The van der Waals surface area contributed by atoms with E-state index in [9.17, 15) is 5.11 Å². The van der Waals surface area contributed by atoms with Gasteiger partial charge < -0.3 is 10.4 Å². The van der Waals surface area contributed by atoms with Crippen LogP contribution in [0, 0.1) is 6.92 Å². The first-order valence-corrected chi connectivity index (χ1v) is 6.06. The van der Waals surface area contributed by atoms with E-state index in [0.29, 0.717) is 6.54 Å². The van der Waals surface area contributed by atoms with E-state index in [4.69, 9.17) is 0 Å². The zero-order valence-corrected chi connectivity index (χ0v) is 10.5. The third-order valence-corrected chi connectivity index (χ3v) is 2.95. The van der Waals surface area contributed by atoms with Crippen molar-refractivity contribution in [2.45, 2.75) is 13.5 Å². The fourth-order valence-corrected chi connectivity index (χ4v) is 2.02. The summed E-state index contributed by atoms with van der Waals surface area (Å²) in [6, 6.07) is 9.23. The van der Waals surface area contributed by atoms with Gasteiger partial charge in [-0.25, -0.2) is 9.50 Å². The molecule has 5 nitrogen and oxygen atoms in total. The predicted octanol–water partition coefficient (Wildman–Crippen LogP) is 2.36. The molecule has 0 bridgehead atoms.